The highest BCUT2D eigenvalue weighted by Gasteiger charge is 2.13. The molecule has 3 heterocycles. The molecule has 0 aliphatic rings. The Morgan fingerprint density at radius 2 is 1.68 bits per heavy atom. The average Bonchev–Trinajstić information content (AvgIpc) is 3.10. The van der Waals surface area contributed by atoms with Gasteiger partial charge in [0.2, 0.25) is 5.71 Å². The molecule has 0 saturated heterocycles. The molecular weight excluding hydrogens is 344 g/mol. The molecule has 3 heteroatoms. The molecule has 2 aromatic carbocycles. The lowest BCUT2D eigenvalue weighted by Gasteiger charge is -2.13. The first-order valence-electron chi connectivity index (χ1n) is 9.49. The van der Waals surface area contributed by atoms with Crippen molar-refractivity contribution in [2.75, 3.05) is 0 Å². The predicted molar refractivity (Wildman–Crippen MR) is 113 cm³/mol. The molecule has 0 N–H and O–H groups in total. The molecular formula is C25H20N2O. The van der Waals surface area contributed by atoms with Crippen molar-refractivity contribution in [3.05, 3.63) is 95.8 Å². The molecule has 136 valence electrons. The van der Waals surface area contributed by atoms with Gasteiger partial charge in [0.15, 0.2) is 0 Å². The van der Waals surface area contributed by atoms with Crippen molar-refractivity contribution in [2.45, 2.75) is 19.8 Å². The molecule has 0 aliphatic heterocycles. The first-order chi connectivity index (χ1) is 13.7. The van der Waals surface area contributed by atoms with Gasteiger partial charge in [-0.05, 0) is 47.9 Å². The molecule has 5 rings (SSSR count). The van der Waals surface area contributed by atoms with E-state index in [0.717, 1.165) is 27.6 Å². The van der Waals surface area contributed by atoms with Crippen molar-refractivity contribution < 1.29 is 4.42 Å². The first kappa shape index (κ1) is 16.7. The second-order valence-electron chi connectivity index (χ2n) is 7.29. The molecule has 28 heavy (non-hydrogen) atoms. The monoisotopic (exact) mass is 364 g/mol. The van der Waals surface area contributed by atoms with Gasteiger partial charge in [-0.3, -0.25) is 4.98 Å². The maximum absolute atomic E-state index is 5.91. The van der Waals surface area contributed by atoms with Crippen LogP contribution >= 0.6 is 0 Å². The van der Waals surface area contributed by atoms with Crippen LogP contribution in [0.25, 0.3) is 33.3 Å². The number of hydrogen-bond acceptors (Lipinski definition) is 3. The Morgan fingerprint density at radius 1 is 0.821 bits per heavy atom. The zero-order chi connectivity index (χ0) is 19.1. The Hall–Kier alpha value is -3.46. The SMILES string of the molecule is Cc1ccc2c(c1)oc1ncc(-c3cc(C(C)c4ccccc4)ccn3)cc12. The van der Waals surface area contributed by atoms with Crippen molar-refractivity contribution in [1.29, 1.82) is 0 Å². The minimum absolute atomic E-state index is 0.303. The highest BCUT2D eigenvalue weighted by Crippen LogP contribution is 2.32. The Bertz CT molecular complexity index is 1290. The van der Waals surface area contributed by atoms with Crippen molar-refractivity contribution >= 4 is 22.1 Å². The molecule has 1 atom stereocenters. The zero-order valence-electron chi connectivity index (χ0n) is 15.9. The van der Waals surface area contributed by atoms with E-state index in [1.165, 1.54) is 16.7 Å². The van der Waals surface area contributed by atoms with Crippen molar-refractivity contribution in [1.82, 2.24) is 9.97 Å². The molecule has 0 radical (unpaired) electrons. The van der Waals surface area contributed by atoms with Crippen molar-refractivity contribution in [2.24, 2.45) is 0 Å². The normalized spacial score (nSPS) is 12.5. The van der Waals surface area contributed by atoms with Gasteiger partial charge in [-0.1, -0.05) is 49.4 Å². The number of fused-ring (bicyclic) bond motifs is 3. The van der Waals surface area contributed by atoms with Gasteiger partial charge in [0.05, 0.1) is 5.69 Å². The quantitative estimate of drug-likeness (QED) is 0.367. The fourth-order valence-corrected chi connectivity index (χ4v) is 3.72. The lowest BCUT2D eigenvalue weighted by Crippen LogP contribution is -1.97. The molecule has 0 saturated carbocycles. The van der Waals surface area contributed by atoms with Gasteiger partial charge in [-0.15, -0.1) is 0 Å². The van der Waals surface area contributed by atoms with Crippen LogP contribution in [0, 0.1) is 6.92 Å². The van der Waals surface area contributed by atoms with Crippen molar-refractivity contribution in [3.8, 4) is 11.3 Å². The Balaban J connectivity index is 1.59. The molecule has 3 aromatic heterocycles. The zero-order valence-corrected chi connectivity index (χ0v) is 15.9. The standard InChI is InChI=1S/C25H20N2O/c1-16-8-9-21-22-13-20(15-27-25(22)28-24(21)12-16)23-14-19(10-11-26-23)17(2)18-6-4-3-5-7-18/h3-15,17H,1-2H3. The number of pyridine rings is 2. The fourth-order valence-electron chi connectivity index (χ4n) is 3.72. The molecule has 3 nitrogen and oxygen atoms in total. The second-order valence-corrected chi connectivity index (χ2v) is 7.29. The van der Waals surface area contributed by atoms with Crippen LogP contribution in [0.4, 0.5) is 0 Å². The summed E-state index contributed by atoms with van der Waals surface area (Å²) in [4.78, 5) is 9.15. The minimum atomic E-state index is 0.303. The van der Waals surface area contributed by atoms with Crippen LogP contribution in [0.5, 0.6) is 0 Å². The number of benzene rings is 2. The highest BCUT2D eigenvalue weighted by molar-refractivity contribution is 6.04. The van der Waals surface area contributed by atoms with E-state index in [0.29, 0.717) is 11.6 Å². The van der Waals surface area contributed by atoms with E-state index in [-0.39, 0.29) is 0 Å². The van der Waals surface area contributed by atoms with Gasteiger partial charge >= 0.3 is 0 Å². The van der Waals surface area contributed by atoms with Crippen LogP contribution in [0.1, 0.15) is 29.5 Å². The summed E-state index contributed by atoms with van der Waals surface area (Å²) in [5.74, 6) is 0.303. The summed E-state index contributed by atoms with van der Waals surface area (Å²) in [6.07, 6.45) is 3.72. The summed E-state index contributed by atoms with van der Waals surface area (Å²) in [5, 5.41) is 2.11. The van der Waals surface area contributed by atoms with E-state index >= 15 is 0 Å². The van der Waals surface area contributed by atoms with Gasteiger partial charge in [-0.2, -0.15) is 0 Å². The number of nitrogens with zero attached hydrogens (tertiary/aromatic N) is 2. The Labute approximate surface area is 163 Å². The number of aromatic nitrogens is 2. The molecule has 0 fully saturated rings. The largest absolute Gasteiger partial charge is 0.438 e. The summed E-state index contributed by atoms with van der Waals surface area (Å²) >= 11 is 0. The molecule has 1 unspecified atom stereocenters. The maximum Gasteiger partial charge on any atom is 0.227 e. The van der Waals surface area contributed by atoms with Gasteiger partial charge in [-0.25, -0.2) is 4.98 Å². The first-order valence-corrected chi connectivity index (χ1v) is 9.49. The highest BCUT2D eigenvalue weighted by atomic mass is 16.3. The van der Waals surface area contributed by atoms with Gasteiger partial charge in [0.1, 0.15) is 5.58 Å². The summed E-state index contributed by atoms with van der Waals surface area (Å²) in [6, 6.07) is 23.2. The predicted octanol–water partition coefficient (Wildman–Crippen LogP) is 6.50. The third-order valence-corrected chi connectivity index (χ3v) is 5.36. The summed E-state index contributed by atoms with van der Waals surface area (Å²) < 4.78 is 5.91. The average molecular weight is 364 g/mol. The van der Waals surface area contributed by atoms with Crippen molar-refractivity contribution in [3.63, 3.8) is 0 Å². The second kappa shape index (κ2) is 6.61. The lowest BCUT2D eigenvalue weighted by atomic mass is 9.93. The van der Waals surface area contributed by atoms with Crippen LogP contribution < -0.4 is 0 Å². The van der Waals surface area contributed by atoms with Crippen LogP contribution in [0.15, 0.2) is 83.5 Å². The molecule has 0 aliphatic carbocycles. The smallest absolute Gasteiger partial charge is 0.227 e. The lowest BCUT2D eigenvalue weighted by molar-refractivity contribution is 0.654. The third kappa shape index (κ3) is 2.85. The van der Waals surface area contributed by atoms with Crippen LogP contribution in [-0.4, -0.2) is 9.97 Å². The Morgan fingerprint density at radius 3 is 2.54 bits per heavy atom. The van der Waals surface area contributed by atoms with Crippen LogP contribution in [0.3, 0.4) is 0 Å². The van der Waals surface area contributed by atoms with E-state index in [2.05, 4.69) is 84.5 Å². The van der Waals surface area contributed by atoms with E-state index in [9.17, 15) is 0 Å². The molecule has 0 spiro atoms. The fraction of sp³-hybridized carbons (Fsp3) is 0.120. The van der Waals surface area contributed by atoms with Gasteiger partial charge < -0.3 is 4.42 Å². The maximum atomic E-state index is 5.91. The summed E-state index contributed by atoms with van der Waals surface area (Å²) in [7, 11) is 0. The van der Waals surface area contributed by atoms with Crippen LogP contribution in [-0.2, 0) is 0 Å². The number of furan rings is 1. The molecule has 0 bridgehead atoms. The summed E-state index contributed by atoms with van der Waals surface area (Å²) in [5.41, 5.74) is 7.18. The van der Waals surface area contributed by atoms with Gasteiger partial charge in [0.25, 0.3) is 0 Å². The van der Waals surface area contributed by atoms with E-state index in [1.54, 1.807) is 0 Å². The van der Waals surface area contributed by atoms with E-state index in [4.69, 9.17) is 4.42 Å². The number of rotatable bonds is 3. The topological polar surface area (TPSA) is 38.9 Å². The molecule has 0 amide bonds. The minimum Gasteiger partial charge on any atom is -0.438 e. The van der Waals surface area contributed by atoms with E-state index in [1.807, 2.05) is 18.5 Å². The summed E-state index contributed by atoms with van der Waals surface area (Å²) in [6.45, 7) is 4.29. The Kier molecular flexibility index (Phi) is 3.94. The van der Waals surface area contributed by atoms with Crippen LogP contribution in [0.2, 0.25) is 0 Å². The third-order valence-electron chi connectivity index (χ3n) is 5.36. The van der Waals surface area contributed by atoms with E-state index < -0.39 is 0 Å². The number of aryl methyl sites for hydroxylation is 1. The van der Waals surface area contributed by atoms with Gasteiger partial charge in [0, 0.05) is 34.6 Å². The number of hydrogen-bond donors (Lipinski definition) is 0. The molecule has 5 aromatic rings.